The van der Waals surface area contributed by atoms with E-state index in [0.29, 0.717) is 18.0 Å². The number of carbonyl (C=O) groups excluding carboxylic acids is 1. The number of carbonyl (C=O) groups is 1. The van der Waals surface area contributed by atoms with Gasteiger partial charge in [-0.25, -0.2) is 4.98 Å². The van der Waals surface area contributed by atoms with Crippen LogP contribution in [0.4, 0.5) is 0 Å². The topological polar surface area (TPSA) is 54.5 Å². The van der Waals surface area contributed by atoms with E-state index in [0.717, 1.165) is 25.3 Å². The minimum atomic E-state index is -0.0613. The number of rotatable bonds is 5. The number of benzene rings is 1. The highest BCUT2D eigenvalue weighted by molar-refractivity contribution is 7.11. The van der Waals surface area contributed by atoms with Crippen molar-refractivity contribution in [1.29, 1.82) is 0 Å². The smallest absolute Gasteiger partial charge is 0.263 e. The monoisotopic (exact) mass is 331 g/mol. The summed E-state index contributed by atoms with van der Waals surface area (Å²) in [6, 6.07) is 10.4. The molecular weight excluding hydrogens is 310 g/mol. The van der Waals surface area contributed by atoms with Crippen LogP contribution >= 0.6 is 11.3 Å². The van der Waals surface area contributed by atoms with Gasteiger partial charge in [-0.2, -0.15) is 0 Å². The van der Waals surface area contributed by atoms with E-state index in [9.17, 15) is 4.79 Å². The normalized spacial score (nSPS) is 18.7. The van der Waals surface area contributed by atoms with Crippen molar-refractivity contribution in [1.82, 2.24) is 15.2 Å². The number of thiazole rings is 1. The molecule has 122 valence electrons. The van der Waals surface area contributed by atoms with Crippen LogP contribution in [0.1, 0.15) is 20.9 Å². The van der Waals surface area contributed by atoms with Crippen LogP contribution in [0.3, 0.4) is 0 Å². The van der Waals surface area contributed by atoms with Crippen molar-refractivity contribution in [3.8, 4) is 0 Å². The molecule has 0 unspecified atom stereocenters. The van der Waals surface area contributed by atoms with Crippen LogP contribution in [0, 0.1) is 6.92 Å². The molecule has 6 heteroatoms. The van der Waals surface area contributed by atoms with E-state index in [-0.39, 0.29) is 12.0 Å². The lowest BCUT2D eigenvalue weighted by atomic mass is 10.2. The Morgan fingerprint density at radius 2 is 2.26 bits per heavy atom. The molecule has 0 bridgehead atoms. The van der Waals surface area contributed by atoms with Crippen molar-refractivity contribution >= 4 is 17.2 Å². The summed E-state index contributed by atoms with van der Waals surface area (Å²) in [5, 5.41) is 2.96. The fourth-order valence-corrected chi connectivity index (χ4v) is 3.41. The van der Waals surface area contributed by atoms with Gasteiger partial charge in [-0.15, -0.1) is 11.3 Å². The second-order valence-corrected chi connectivity index (χ2v) is 6.55. The Morgan fingerprint density at radius 1 is 1.43 bits per heavy atom. The Morgan fingerprint density at radius 3 is 3.00 bits per heavy atom. The molecule has 0 radical (unpaired) electrons. The molecule has 1 N–H and O–H groups in total. The van der Waals surface area contributed by atoms with Crippen LogP contribution in [0.15, 0.2) is 35.8 Å². The third kappa shape index (κ3) is 4.37. The van der Waals surface area contributed by atoms with Gasteiger partial charge in [-0.1, -0.05) is 30.3 Å². The van der Waals surface area contributed by atoms with E-state index >= 15 is 0 Å². The molecular formula is C17H21N3O2S. The molecule has 2 aromatic rings. The lowest BCUT2D eigenvalue weighted by Gasteiger charge is -2.33. The highest BCUT2D eigenvalue weighted by Crippen LogP contribution is 2.13. The van der Waals surface area contributed by atoms with E-state index in [1.165, 1.54) is 16.9 Å². The molecule has 23 heavy (non-hydrogen) atoms. The third-order valence-corrected chi connectivity index (χ3v) is 4.84. The summed E-state index contributed by atoms with van der Waals surface area (Å²) in [4.78, 5) is 19.3. The van der Waals surface area contributed by atoms with Gasteiger partial charge >= 0.3 is 0 Å². The SMILES string of the molecule is Cc1ncsc1C(=O)NC[C@H]1CN(Cc2ccccc2)CCO1. The molecule has 1 aliphatic rings. The highest BCUT2D eigenvalue weighted by atomic mass is 32.1. The quantitative estimate of drug-likeness (QED) is 0.911. The van der Waals surface area contributed by atoms with Gasteiger partial charge < -0.3 is 10.1 Å². The molecule has 3 rings (SSSR count). The number of nitrogens with zero attached hydrogens (tertiary/aromatic N) is 2. The average molecular weight is 331 g/mol. The standard InChI is InChI=1S/C17H21N3O2S/c1-13-16(23-12-19-13)17(21)18-9-15-11-20(7-8-22-15)10-14-5-3-2-4-6-14/h2-6,12,15H,7-11H2,1H3,(H,18,21)/t15-/m0/s1. The Balaban J connectivity index is 1.49. The largest absolute Gasteiger partial charge is 0.374 e. The van der Waals surface area contributed by atoms with Crippen LogP contribution in [0.25, 0.3) is 0 Å². The lowest BCUT2D eigenvalue weighted by Crippen LogP contribution is -2.47. The Hall–Kier alpha value is -1.76. The van der Waals surface area contributed by atoms with Crippen LogP contribution in [0.5, 0.6) is 0 Å². The van der Waals surface area contributed by atoms with E-state index in [1.54, 1.807) is 5.51 Å². The highest BCUT2D eigenvalue weighted by Gasteiger charge is 2.22. The molecule has 1 aromatic carbocycles. The molecule has 1 amide bonds. The number of morpholine rings is 1. The first-order chi connectivity index (χ1) is 11.2. The van der Waals surface area contributed by atoms with Gasteiger partial charge in [0.25, 0.3) is 5.91 Å². The van der Waals surface area contributed by atoms with E-state index in [4.69, 9.17) is 4.74 Å². The van der Waals surface area contributed by atoms with Gasteiger partial charge in [0.15, 0.2) is 0 Å². The fraction of sp³-hybridized carbons (Fsp3) is 0.412. The maximum atomic E-state index is 12.1. The first kappa shape index (κ1) is 16.1. The van der Waals surface area contributed by atoms with Crippen LogP contribution in [-0.2, 0) is 11.3 Å². The van der Waals surface area contributed by atoms with Gasteiger partial charge in [-0.3, -0.25) is 9.69 Å². The Labute approximate surface area is 140 Å². The van der Waals surface area contributed by atoms with E-state index < -0.39 is 0 Å². The molecule has 0 spiro atoms. The van der Waals surface area contributed by atoms with Gasteiger partial charge in [0.1, 0.15) is 4.88 Å². The Bertz CT molecular complexity index is 644. The summed E-state index contributed by atoms with van der Waals surface area (Å²) in [5.74, 6) is -0.0613. The summed E-state index contributed by atoms with van der Waals surface area (Å²) in [6.45, 7) is 5.76. The summed E-state index contributed by atoms with van der Waals surface area (Å²) in [6.07, 6.45) is 0.0321. The fourth-order valence-electron chi connectivity index (χ4n) is 2.70. The molecule has 1 aromatic heterocycles. The number of aromatic nitrogens is 1. The zero-order valence-corrected chi connectivity index (χ0v) is 14.0. The summed E-state index contributed by atoms with van der Waals surface area (Å²) >= 11 is 1.37. The average Bonchev–Trinajstić information content (AvgIpc) is 3.00. The van der Waals surface area contributed by atoms with Gasteiger partial charge in [0, 0.05) is 26.2 Å². The second-order valence-electron chi connectivity index (χ2n) is 5.69. The van der Waals surface area contributed by atoms with Crippen molar-refractivity contribution < 1.29 is 9.53 Å². The first-order valence-corrected chi connectivity index (χ1v) is 8.66. The molecule has 0 saturated carbocycles. The third-order valence-electron chi connectivity index (χ3n) is 3.91. The lowest BCUT2D eigenvalue weighted by molar-refractivity contribution is -0.0292. The van der Waals surface area contributed by atoms with Crippen molar-refractivity contribution in [3.05, 3.63) is 52.0 Å². The van der Waals surface area contributed by atoms with E-state index in [1.807, 2.05) is 13.0 Å². The number of aryl methyl sites for hydroxylation is 1. The summed E-state index contributed by atoms with van der Waals surface area (Å²) < 4.78 is 5.78. The zero-order valence-electron chi connectivity index (χ0n) is 13.2. The molecule has 1 atom stereocenters. The van der Waals surface area contributed by atoms with Crippen molar-refractivity contribution in [3.63, 3.8) is 0 Å². The second kappa shape index (κ2) is 7.68. The minimum Gasteiger partial charge on any atom is -0.374 e. The molecule has 0 aliphatic carbocycles. The molecule has 1 aliphatic heterocycles. The summed E-state index contributed by atoms with van der Waals surface area (Å²) in [5.41, 5.74) is 3.78. The molecule has 5 nitrogen and oxygen atoms in total. The Kier molecular flexibility index (Phi) is 5.38. The van der Waals surface area contributed by atoms with Crippen molar-refractivity contribution in [2.75, 3.05) is 26.2 Å². The number of hydrogen-bond donors (Lipinski definition) is 1. The van der Waals surface area contributed by atoms with Crippen LogP contribution in [0.2, 0.25) is 0 Å². The maximum absolute atomic E-state index is 12.1. The summed E-state index contributed by atoms with van der Waals surface area (Å²) in [7, 11) is 0. The zero-order chi connectivity index (χ0) is 16.1. The van der Waals surface area contributed by atoms with Crippen molar-refractivity contribution in [2.45, 2.75) is 19.6 Å². The maximum Gasteiger partial charge on any atom is 0.263 e. The predicted octanol–water partition coefficient (Wildman–Crippen LogP) is 2.08. The minimum absolute atomic E-state index is 0.0321. The number of nitrogens with one attached hydrogen (secondary N) is 1. The first-order valence-electron chi connectivity index (χ1n) is 7.78. The predicted molar refractivity (Wildman–Crippen MR) is 90.6 cm³/mol. The number of hydrogen-bond acceptors (Lipinski definition) is 5. The number of amides is 1. The van der Waals surface area contributed by atoms with Crippen LogP contribution in [-0.4, -0.2) is 48.1 Å². The number of ether oxygens (including phenoxy) is 1. The molecule has 1 fully saturated rings. The van der Waals surface area contributed by atoms with Crippen LogP contribution < -0.4 is 5.32 Å². The molecule has 2 heterocycles. The van der Waals surface area contributed by atoms with Crippen molar-refractivity contribution in [2.24, 2.45) is 0 Å². The van der Waals surface area contributed by atoms with Gasteiger partial charge in [0.2, 0.25) is 0 Å². The van der Waals surface area contributed by atoms with E-state index in [2.05, 4.69) is 39.5 Å². The molecule has 1 saturated heterocycles. The van der Waals surface area contributed by atoms with Gasteiger partial charge in [0.05, 0.1) is 23.9 Å². The van der Waals surface area contributed by atoms with Gasteiger partial charge in [-0.05, 0) is 12.5 Å².